The van der Waals surface area contributed by atoms with E-state index in [9.17, 15) is 9.59 Å². The molecule has 134 valence electrons. The van der Waals surface area contributed by atoms with E-state index in [1.165, 1.54) is 11.6 Å². The van der Waals surface area contributed by atoms with Crippen molar-refractivity contribution in [3.8, 4) is 5.75 Å². The van der Waals surface area contributed by atoms with Gasteiger partial charge >= 0.3 is 0 Å². The van der Waals surface area contributed by atoms with Gasteiger partial charge in [0.2, 0.25) is 11.8 Å². The minimum Gasteiger partial charge on any atom is -0.497 e. The molecule has 0 saturated carbocycles. The Morgan fingerprint density at radius 2 is 1.88 bits per heavy atom. The highest BCUT2D eigenvalue weighted by atomic mass is 16.5. The first-order chi connectivity index (χ1) is 12.6. The third-order valence-electron chi connectivity index (χ3n) is 4.50. The van der Waals surface area contributed by atoms with Gasteiger partial charge in [-0.3, -0.25) is 9.59 Å². The lowest BCUT2D eigenvalue weighted by molar-refractivity contribution is -0.122. The predicted molar refractivity (Wildman–Crippen MR) is 102 cm³/mol. The fraction of sp³-hybridized carbons (Fsp3) is 0.238. The Morgan fingerprint density at radius 1 is 1.15 bits per heavy atom. The summed E-state index contributed by atoms with van der Waals surface area (Å²) < 4.78 is 5.13. The van der Waals surface area contributed by atoms with Gasteiger partial charge in [-0.15, -0.1) is 0 Å². The first kappa shape index (κ1) is 17.7. The lowest BCUT2D eigenvalue weighted by Crippen LogP contribution is -2.39. The molecule has 0 radical (unpaired) electrons. The molecule has 0 unspecified atom stereocenters. The zero-order chi connectivity index (χ0) is 18.5. The molecule has 0 atom stereocenters. The molecule has 0 fully saturated rings. The van der Waals surface area contributed by atoms with Crippen LogP contribution in [0, 0.1) is 0 Å². The van der Waals surface area contributed by atoms with E-state index in [0.717, 1.165) is 29.0 Å². The highest BCUT2D eigenvalue weighted by molar-refractivity contribution is 6.01. The molecule has 1 heterocycles. The molecule has 0 saturated heterocycles. The molecule has 0 aromatic heterocycles. The Morgan fingerprint density at radius 3 is 2.62 bits per heavy atom. The van der Waals surface area contributed by atoms with E-state index in [1.54, 1.807) is 12.0 Å². The first-order valence-electron chi connectivity index (χ1n) is 8.57. The van der Waals surface area contributed by atoms with Gasteiger partial charge in [0.05, 0.1) is 13.7 Å². The van der Waals surface area contributed by atoms with Crippen LogP contribution in [-0.4, -0.2) is 32.0 Å². The topological polar surface area (TPSA) is 58.6 Å². The third-order valence-corrected chi connectivity index (χ3v) is 4.50. The number of carbonyl (C=O) groups is 2. The lowest BCUT2D eigenvalue weighted by Gasteiger charge is -2.17. The largest absolute Gasteiger partial charge is 0.497 e. The Labute approximate surface area is 153 Å². The molecule has 1 aliphatic rings. The van der Waals surface area contributed by atoms with Gasteiger partial charge in [-0.1, -0.05) is 30.3 Å². The molecular formula is C21H22N2O3. The third kappa shape index (κ3) is 3.94. The Bertz CT molecular complexity index is 841. The number of carbonyl (C=O) groups excluding carboxylic acids is 2. The van der Waals surface area contributed by atoms with E-state index in [4.69, 9.17) is 4.74 Å². The van der Waals surface area contributed by atoms with Crippen molar-refractivity contribution in [3.63, 3.8) is 0 Å². The number of hydrogen-bond acceptors (Lipinski definition) is 3. The molecule has 2 aromatic rings. The van der Waals surface area contributed by atoms with Gasteiger partial charge in [0.25, 0.3) is 0 Å². The summed E-state index contributed by atoms with van der Waals surface area (Å²) in [6, 6.07) is 15.3. The molecule has 0 spiro atoms. The van der Waals surface area contributed by atoms with Crippen LogP contribution in [0.1, 0.15) is 18.1 Å². The number of hydrogen-bond donors (Lipinski definition) is 1. The average Bonchev–Trinajstić information content (AvgIpc) is 3.10. The maximum atomic E-state index is 12.4. The normalized spacial score (nSPS) is 13.3. The zero-order valence-electron chi connectivity index (χ0n) is 15.0. The number of nitrogens with zero attached hydrogens (tertiary/aromatic N) is 1. The number of para-hydroxylation sites is 1. The van der Waals surface area contributed by atoms with Crippen LogP contribution in [0.15, 0.2) is 54.6 Å². The zero-order valence-corrected chi connectivity index (χ0v) is 15.0. The van der Waals surface area contributed by atoms with Crippen LogP contribution >= 0.6 is 0 Å². The molecule has 1 aliphatic heterocycles. The van der Waals surface area contributed by atoms with Gasteiger partial charge < -0.3 is 15.0 Å². The molecule has 3 rings (SSSR count). The monoisotopic (exact) mass is 350 g/mol. The number of amides is 2. The minimum absolute atomic E-state index is 0.0143. The minimum atomic E-state index is -0.279. The van der Waals surface area contributed by atoms with Crippen LogP contribution in [0.3, 0.4) is 0 Å². The summed E-state index contributed by atoms with van der Waals surface area (Å²) in [6.07, 6.45) is 2.36. The Hall–Kier alpha value is -3.08. The molecule has 0 bridgehead atoms. The molecule has 26 heavy (non-hydrogen) atoms. The number of allylic oxidation sites excluding steroid dienone is 1. The van der Waals surface area contributed by atoms with Gasteiger partial charge in [0, 0.05) is 18.3 Å². The second-order valence-corrected chi connectivity index (χ2v) is 6.20. The molecule has 2 amide bonds. The molecule has 2 aromatic carbocycles. The molecular weight excluding hydrogens is 328 g/mol. The van der Waals surface area contributed by atoms with E-state index in [1.807, 2.05) is 55.5 Å². The summed E-state index contributed by atoms with van der Waals surface area (Å²) in [6.45, 7) is 2.51. The van der Waals surface area contributed by atoms with Crippen molar-refractivity contribution in [2.75, 3.05) is 25.1 Å². The van der Waals surface area contributed by atoms with Crippen LogP contribution in [0.4, 0.5) is 5.69 Å². The SMILES string of the molecule is COc1ccc(/C(C)=C/C(=O)NCC(=O)N2CCc3ccccc32)cc1. The summed E-state index contributed by atoms with van der Waals surface area (Å²) in [7, 11) is 1.61. The number of ether oxygens (including phenoxy) is 1. The van der Waals surface area contributed by atoms with Gasteiger partial charge in [-0.05, 0) is 48.2 Å². The Kier molecular flexibility index (Phi) is 5.37. The fourth-order valence-corrected chi connectivity index (χ4v) is 3.04. The highest BCUT2D eigenvalue weighted by Crippen LogP contribution is 2.27. The van der Waals surface area contributed by atoms with E-state index >= 15 is 0 Å². The van der Waals surface area contributed by atoms with Gasteiger partial charge in [0.1, 0.15) is 5.75 Å². The maximum Gasteiger partial charge on any atom is 0.246 e. The number of methoxy groups -OCH3 is 1. The summed E-state index contributed by atoms with van der Waals surface area (Å²) >= 11 is 0. The van der Waals surface area contributed by atoms with Crippen LogP contribution in [0.2, 0.25) is 0 Å². The van der Waals surface area contributed by atoms with Crippen LogP contribution in [-0.2, 0) is 16.0 Å². The quantitative estimate of drug-likeness (QED) is 0.844. The number of rotatable bonds is 5. The van der Waals surface area contributed by atoms with E-state index in [-0.39, 0.29) is 18.4 Å². The van der Waals surface area contributed by atoms with Crippen molar-refractivity contribution in [1.82, 2.24) is 5.32 Å². The van der Waals surface area contributed by atoms with Crippen molar-refractivity contribution >= 4 is 23.1 Å². The standard InChI is InChI=1S/C21H22N2O3/c1-15(16-7-9-18(26-2)10-8-16)13-20(24)22-14-21(25)23-12-11-17-5-3-4-6-19(17)23/h3-10,13H,11-12,14H2,1-2H3,(H,22,24)/b15-13+. The van der Waals surface area contributed by atoms with E-state index < -0.39 is 0 Å². The maximum absolute atomic E-state index is 12.4. The van der Waals surface area contributed by atoms with Gasteiger partial charge in [0.15, 0.2) is 0 Å². The Balaban J connectivity index is 1.57. The van der Waals surface area contributed by atoms with Crippen molar-refractivity contribution in [1.29, 1.82) is 0 Å². The second-order valence-electron chi connectivity index (χ2n) is 6.20. The number of fused-ring (bicyclic) bond motifs is 1. The summed E-state index contributed by atoms with van der Waals surface area (Å²) in [4.78, 5) is 26.3. The predicted octanol–water partition coefficient (Wildman–Crippen LogP) is 2.80. The van der Waals surface area contributed by atoms with Crippen LogP contribution in [0.5, 0.6) is 5.75 Å². The van der Waals surface area contributed by atoms with Crippen molar-refractivity contribution in [2.45, 2.75) is 13.3 Å². The summed E-state index contributed by atoms with van der Waals surface area (Å²) in [5, 5.41) is 2.68. The number of anilines is 1. The summed E-state index contributed by atoms with van der Waals surface area (Å²) in [5.41, 5.74) is 3.86. The molecule has 1 N–H and O–H groups in total. The number of nitrogens with one attached hydrogen (secondary N) is 1. The van der Waals surface area contributed by atoms with Crippen molar-refractivity contribution in [2.24, 2.45) is 0 Å². The summed E-state index contributed by atoms with van der Waals surface area (Å²) in [5.74, 6) is 0.389. The second kappa shape index (κ2) is 7.87. The van der Waals surface area contributed by atoms with Gasteiger partial charge in [-0.25, -0.2) is 0 Å². The highest BCUT2D eigenvalue weighted by Gasteiger charge is 2.23. The van der Waals surface area contributed by atoms with Crippen molar-refractivity contribution < 1.29 is 14.3 Å². The fourth-order valence-electron chi connectivity index (χ4n) is 3.04. The van der Waals surface area contributed by atoms with E-state index in [0.29, 0.717) is 6.54 Å². The average molecular weight is 350 g/mol. The first-order valence-corrected chi connectivity index (χ1v) is 8.57. The number of benzene rings is 2. The van der Waals surface area contributed by atoms with Crippen LogP contribution < -0.4 is 15.0 Å². The lowest BCUT2D eigenvalue weighted by atomic mass is 10.1. The van der Waals surface area contributed by atoms with Gasteiger partial charge in [-0.2, -0.15) is 0 Å². The smallest absolute Gasteiger partial charge is 0.246 e. The molecule has 5 heteroatoms. The van der Waals surface area contributed by atoms with E-state index in [2.05, 4.69) is 5.32 Å². The molecule has 0 aliphatic carbocycles. The van der Waals surface area contributed by atoms with Crippen LogP contribution in [0.25, 0.3) is 5.57 Å². The molecule has 5 nitrogen and oxygen atoms in total. The van der Waals surface area contributed by atoms with Crippen molar-refractivity contribution in [3.05, 3.63) is 65.7 Å².